The molecule has 1 aromatic carbocycles. The van der Waals surface area contributed by atoms with Crippen LogP contribution in [0.2, 0.25) is 0 Å². The molecule has 0 heterocycles. The molecule has 0 aliphatic carbocycles. The number of carbonyl (C=O) groups is 2. The lowest BCUT2D eigenvalue weighted by Crippen LogP contribution is -2.27. The topological polar surface area (TPSA) is 111 Å². The molecule has 7 nitrogen and oxygen atoms in total. The quantitative estimate of drug-likeness (QED) is 0.770. The summed E-state index contributed by atoms with van der Waals surface area (Å²) >= 11 is 0. The van der Waals surface area contributed by atoms with Gasteiger partial charge in [0, 0.05) is 23.4 Å². The Labute approximate surface area is 129 Å². The van der Waals surface area contributed by atoms with Crippen molar-refractivity contribution in [1.29, 1.82) is 0 Å². The second-order valence-electron chi connectivity index (χ2n) is 5.79. The Hall–Kier alpha value is -2.28. The molecule has 1 amide bonds. The SMILES string of the molecule is COc1cc(NC(=O)OC(C)(C)C)ccc1C(N)CC(=O)O. The molecule has 0 radical (unpaired) electrons. The maximum absolute atomic E-state index is 11.7. The summed E-state index contributed by atoms with van der Waals surface area (Å²) in [6.45, 7) is 5.30. The Morgan fingerprint density at radius 2 is 2.00 bits per heavy atom. The maximum atomic E-state index is 11.7. The van der Waals surface area contributed by atoms with Crippen molar-refractivity contribution >= 4 is 17.7 Å². The Bertz CT molecular complexity index is 551. The smallest absolute Gasteiger partial charge is 0.412 e. The number of nitrogens with two attached hydrogens (primary N) is 1. The molecule has 0 saturated heterocycles. The number of amides is 1. The molecule has 1 aromatic rings. The normalized spacial score (nSPS) is 12.4. The van der Waals surface area contributed by atoms with Crippen molar-refractivity contribution in [2.24, 2.45) is 5.73 Å². The summed E-state index contributed by atoms with van der Waals surface area (Å²) in [5.74, 6) is -0.590. The van der Waals surface area contributed by atoms with Gasteiger partial charge in [-0.3, -0.25) is 10.1 Å². The average Bonchev–Trinajstić information content (AvgIpc) is 2.35. The van der Waals surface area contributed by atoms with Crippen LogP contribution in [0.15, 0.2) is 18.2 Å². The lowest BCUT2D eigenvalue weighted by atomic mass is 10.0. The zero-order valence-corrected chi connectivity index (χ0v) is 13.2. The van der Waals surface area contributed by atoms with Crippen LogP contribution in [-0.2, 0) is 9.53 Å². The molecule has 1 atom stereocenters. The van der Waals surface area contributed by atoms with E-state index >= 15 is 0 Å². The second kappa shape index (κ2) is 7.13. The van der Waals surface area contributed by atoms with E-state index in [2.05, 4.69) is 5.32 Å². The third-order valence-electron chi connectivity index (χ3n) is 2.67. The number of carboxylic acid groups (broad SMARTS) is 1. The highest BCUT2D eigenvalue weighted by molar-refractivity contribution is 5.85. The highest BCUT2D eigenvalue weighted by Gasteiger charge is 2.18. The molecule has 1 unspecified atom stereocenters. The molecule has 4 N–H and O–H groups in total. The zero-order valence-electron chi connectivity index (χ0n) is 13.2. The molecule has 0 saturated carbocycles. The molecule has 0 aliphatic rings. The van der Waals surface area contributed by atoms with E-state index in [1.54, 1.807) is 39.0 Å². The van der Waals surface area contributed by atoms with Crippen molar-refractivity contribution in [3.63, 3.8) is 0 Å². The fourth-order valence-electron chi connectivity index (χ4n) is 1.81. The van der Waals surface area contributed by atoms with E-state index in [1.807, 2.05) is 0 Å². The van der Waals surface area contributed by atoms with Crippen LogP contribution in [0.4, 0.5) is 10.5 Å². The van der Waals surface area contributed by atoms with Gasteiger partial charge >= 0.3 is 12.1 Å². The summed E-state index contributed by atoms with van der Waals surface area (Å²) in [5, 5.41) is 11.4. The van der Waals surface area contributed by atoms with E-state index in [1.165, 1.54) is 7.11 Å². The number of carbonyl (C=O) groups excluding carboxylic acids is 1. The van der Waals surface area contributed by atoms with Gasteiger partial charge in [-0.2, -0.15) is 0 Å². The van der Waals surface area contributed by atoms with Crippen molar-refractivity contribution in [1.82, 2.24) is 0 Å². The first-order valence-electron chi connectivity index (χ1n) is 6.77. The van der Waals surface area contributed by atoms with Gasteiger partial charge in [-0.1, -0.05) is 6.07 Å². The monoisotopic (exact) mass is 310 g/mol. The van der Waals surface area contributed by atoms with Crippen LogP contribution in [0.3, 0.4) is 0 Å². The first-order chi connectivity index (χ1) is 10.1. The minimum Gasteiger partial charge on any atom is -0.496 e. The van der Waals surface area contributed by atoms with E-state index in [0.717, 1.165) is 0 Å². The van der Waals surface area contributed by atoms with Gasteiger partial charge in [0.15, 0.2) is 0 Å². The van der Waals surface area contributed by atoms with Crippen molar-refractivity contribution in [2.45, 2.75) is 38.8 Å². The molecule has 0 aliphatic heterocycles. The molecular weight excluding hydrogens is 288 g/mol. The number of aliphatic carboxylic acids is 1. The van der Waals surface area contributed by atoms with Gasteiger partial charge in [-0.15, -0.1) is 0 Å². The number of anilines is 1. The molecule has 1 rings (SSSR count). The van der Waals surface area contributed by atoms with Crippen molar-refractivity contribution < 1.29 is 24.2 Å². The lowest BCUT2D eigenvalue weighted by molar-refractivity contribution is -0.137. The Morgan fingerprint density at radius 1 is 1.36 bits per heavy atom. The van der Waals surface area contributed by atoms with Crippen molar-refractivity contribution in [3.05, 3.63) is 23.8 Å². The number of methoxy groups -OCH3 is 1. The van der Waals surface area contributed by atoms with Crippen LogP contribution >= 0.6 is 0 Å². The van der Waals surface area contributed by atoms with Crippen LogP contribution < -0.4 is 15.8 Å². The molecular formula is C15H22N2O5. The first kappa shape index (κ1) is 17.8. The van der Waals surface area contributed by atoms with Gasteiger partial charge < -0.3 is 20.3 Å². The molecule has 0 spiro atoms. The van der Waals surface area contributed by atoms with E-state index in [9.17, 15) is 9.59 Å². The second-order valence-corrected chi connectivity index (χ2v) is 5.79. The van der Waals surface area contributed by atoms with Gasteiger partial charge in [0.05, 0.1) is 13.5 Å². The van der Waals surface area contributed by atoms with Gasteiger partial charge in [0.25, 0.3) is 0 Å². The molecule has 0 aromatic heterocycles. The summed E-state index contributed by atoms with van der Waals surface area (Å²) in [6, 6.07) is 4.12. The van der Waals surface area contributed by atoms with Crippen LogP contribution in [0.1, 0.15) is 38.8 Å². The minimum atomic E-state index is -0.995. The minimum absolute atomic E-state index is 0.213. The third-order valence-corrected chi connectivity index (χ3v) is 2.67. The molecule has 7 heteroatoms. The van der Waals surface area contributed by atoms with Crippen LogP contribution in [0.25, 0.3) is 0 Å². The van der Waals surface area contributed by atoms with E-state index in [4.69, 9.17) is 20.3 Å². The van der Waals surface area contributed by atoms with Crippen LogP contribution in [-0.4, -0.2) is 29.9 Å². The fourth-order valence-corrected chi connectivity index (χ4v) is 1.81. The summed E-state index contributed by atoms with van der Waals surface area (Å²) in [4.78, 5) is 22.4. The Morgan fingerprint density at radius 3 is 2.50 bits per heavy atom. The van der Waals surface area contributed by atoms with Gasteiger partial charge in [0.1, 0.15) is 11.4 Å². The predicted octanol–water partition coefficient (Wildman–Crippen LogP) is 2.52. The summed E-state index contributed by atoms with van der Waals surface area (Å²) in [5.41, 5.74) is 6.26. The third kappa shape index (κ3) is 5.61. The molecule has 0 bridgehead atoms. The predicted molar refractivity (Wildman–Crippen MR) is 82.0 cm³/mol. The van der Waals surface area contributed by atoms with E-state index < -0.39 is 23.7 Å². The average molecular weight is 310 g/mol. The van der Waals surface area contributed by atoms with Gasteiger partial charge in [-0.05, 0) is 26.8 Å². The van der Waals surface area contributed by atoms with E-state index in [0.29, 0.717) is 17.0 Å². The van der Waals surface area contributed by atoms with E-state index in [-0.39, 0.29) is 6.42 Å². The summed E-state index contributed by atoms with van der Waals surface area (Å²) in [7, 11) is 1.45. The number of hydrogen-bond acceptors (Lipinski definition) is 5. The number of rotatable bonds is 5. The number of benzene rings is 1. The summed E-state index contributed by atoms with van der Waals surface area (Å²) in [6.07, 6.45) is -0.799. The molecule has 0 fully saturated rings. The Balaban J connectivity index is 2.88. The standard InChI is InChI=1S/C15H22N2O5/c1-15(2,3)22-14(20)17-9-5-6-10(12(7-9)21-4)11(16)8-13(18)19/h5-7,11H,8,16H2,1-4H3,(H,17,20)(H,18,19). The number of nitrogens with one attached hydrogen (secondary N) is 1. The zero-order chi connectivity index (χ0) is 16.9. The Kier molecular flexibility index (Phi) is 5.76. The maximum Gasteiger partial charge on any atom is 0.412 e. The highest BCUT2D eigenvalue weighted by Crippen LogP contribution is 2.29. The van der Waals surface area contributed by atoms with Gasteiger partial charge in [0.2, 0.25) is 0 Å². The van der Waals surface area contributed by atoms with Gasteiger partial charge in [-0.25, -0.2) is 4.79 Å². The fraction of sp³-hybridized carbons (Fsp3) is 0.467. The number of hydrogen-bond donors (Lipinski definition) is 3. The highest BCUT2D eigenvalue weighted by atomic mass is 16.6. The number of carboxylic acids is 1. The van der Waals surface area contributed by atoms with Crippen LogP contribution in [0, 0.1) is 0 Å². The first-order valence-corrected chi connectivity index (χ1v) is 6.77. The lowest BCUT2D eigenvalue weighted by Gasteiger charge is -2.20. The molecule has 122 valence electrons. The van der Waals surface area contributed by atoms with Crippen LogP contribution in [0.5, 0.6) is 5.75 Å². The van der Waals surface area contributed by atoms with Crippen molar-refractivity contribution in [3.8, 4) is 5.75 Å². The van der Waals surface area contributed by atoms with Crippen molar-refractivity contribution in [2.75, 3.05) is 12.4 Å². The summed E-state index contributed by atoms with van der Waals surface area (Å²) < 4.78 is 10.4. The molecule has 22 heavy (non-hydrogen) atoms. The number of ether oxygens (including phenoxy) is 2. The largest absolute Gasteiger partial charge is 0.496 e.